The summed E-state index contributed by atoms with van der Waals surface area (Å²) in [6, 6.07) is 17.7. The van der Waals surface area contributed by atoms with E-state index in [-0.39, 0.29) is 62.0 Å². The number of hydrogen-bond acceptors (Lipinski definition) is 13. The lowest BCUT2D eigenvalue weighted by Gasteiger charge is -2.35. The van der Waals surface area contributed by atoms with Crippen LogP contribution >= 0.6 is 30.5 Å². The van der Waals surface area contributed by atoms with Crippen molar-refractivity contribution >= 4 is 94.0 Å². The Morgan fingerprint density at radius 1 is 0.919 bits per heavy atom. The number of aromatic amines is 1. The highest BCUT2D eigenvalue weighted by Gasteiger charge is 2.46. The SMILES string of the molecule is Cc1ncsc1-c1ccc([C@H](C)NC(=O)[C@@H]2C[C@@H](O)CN2C(=O)[C@@H](NC(=O)CCCCCc2cc(Cl)cc(OC[C@@H](NC(=O)[C@@H]3Cc4cccc5c4N3C(=O)[C@@H](NC(=O)c3cc4cc(C(=O)P(=O)(O)O)ccc4[nH]3)CC5)C(N)=O)c2)C(C)(C)C)cc1. The summed E-state index contributed by atoms with van der Waals surface area (Å²) in [6.07, 6.45) is 2.22. The van der Waals surface area contributed by atoms with Crippen molar-refractivity contribution in [3.8, 4) is 16.2 Å². The average molecular weight is 1230 g/mol. The van der Waals surface area contributed by atoms with Gasteiger partial charge >= 0.3 is 7.60 Å². The summed E-state index contributed by atoms with van der Waals surface area (Å²) in [5.74, 6) is -3.74. The van der Waals surface area contributed by atoms with Crippen LogP contribution in [0.3, 0.4) is 0 Å². The minimum Gasteiger partial charge on any atom is -0.491 e. The molecule has 1 saturated heterocycles. The first-order valence-corrected chi connectivity index (χ1v) is 31.2. The van der Waals surface area contributed by atoms with Gasteiger partial charge in [-0.25, -0.2) is 4.98 Å². The number of β-amino-alcohol motifs (C(OH)–C–C–N with tert-alkyl or cyclic N) is 1. The van der Waals surface area contributed by atoms with Crippen molar-refractivity contribution in [2.24, 2.45) is 11.1 Å². The molecule has 0 unspecified atom stereocenters. The number of carbonyl (C=O) groups is 8. The summed E-state index contributed by atoms with van der Waals surface area (Å²) in [7, 11) is -5.06. The summed E-state index contributed by atoms with van der Waals surface area (Å²) in [5.41, 5.74) is 11.3. The number of rotatable bonds is 22. The van der Waals surface area contributed by atoms with Crippen LogP contribution in [0.2, 0.25) is 5.02 Å². The quantitative estimate of drug-likeness (QED) is 0.0274. The van der Waals surface area contributed by atoms with E-state index in [1.165, 1.54) is 34.1 Å². The maximum Gasteiger partial charge on any atom is 0.396 e. The summed E-state index contributed by atoms with van der Waals surface area (Å²) < 4.78 is 17.6. The van der Waals surface area contributed by atoms with E-state index in [0.29, 0.717) is 65.0 Å². The Kier molecular flexibility index (Phi) is 19.0. The molecular formula is C61H69ClN9O13PS. The molecule has 22 nitrogen and oxygen atoms in total. The first kappa shape index (κ1) is 62.7. The number of aromatic nitrogens is 2. The van der Waals surface area contributed by atoms with Crippen LogP contribution in [0.1, 0.15) is 121 Å². The van der Waals surface area contributed by atoms with Gasteiger partial charge in [-0.3, -0.25) is 47.8 Å². The van der Waals surface area contributed by atoms with Crippen molar-refractivity contribution in [2.45, 2.75) is 135 Å². The number of anilines is 1. The van der Waals surface area contributed by atoms with Crippen LogP contribution in [-0.4, -0.2) is 126 Å². The summed E-state index contributed by atoms with van der Waals surface area (Å²) in [5, 5.41) is 22.8. The smallest absolute Gasteiger partial charge is 0.396 e. The minimum absolute atomic E-state index is 0.00944. The van der Waals surface area contributed by atoms with E-state index in [1.54, 1.807) is 41.1 Å². The van der Waals surface area contributed by atoms with E-state index in [4.69, 9.17) is 22.1 Å². The van der Waals surface area contributed by atoms with Gasteiger partial charge in [0.2, 0.25) is 35.4 Å². The van der Waals surface area contributed by atoms with Crippen molar-refractivity contribution in [1.29, 1.82) is 0 Å². The molecule has 0 saturated carbocycles. The third-order valence-electron chi connectivity index (χ3n) is 15.8. The van der Waals surface area contributed by atoms with Crippen molar-refractivity contribution in [3.63, 3.8) is 0 Å². The number of aliphatic hydroxyl groups is 1. The molecule has 0 radical (unpaired) electrons. The number of hydrogen-bond donors (Lipinski definition) is 9. The van der Waals surface area contributed by atoms with E-state index in [2.05, 4.69) is 31.2 Å². The first-order chi connectivity index (χ1) is 40.7. The molecule has 7 atom stereocenters. The summed E-state index contributed by atoms with van der Waals surface area (Å²) in [4.78, 5) is 139. The van der Waals surface area contributed by atoms with E-state index in [9.17, 15) is 57.8 Å². The molecule has 7 amide bonds. The number of halogens is 1. The molecule has 5 heterocycles. The Hall–Kier alpha value is -7.79. The third-order valence-corrected chi connectivity index (χ3v) is 17.8. The third kappa shape index (κ3) is 14.4. The number of nitrogens with zero attached hydrogens (tertiary/aromatic N) is 3. The Balaban J connectivity index is 0.755. The number of carbonyl (C=O) groups excluding carboxylic acids is 8. The Bertz CT molecular complexity index is 3670. The lowest BCUT2D eigenvalue weighted by molar-refractivity contribution is -0.144. The number of H-pyrrole nitrogens is 1. The van der Waals surface area contributed by atoms with Crippen LogP contribution in [0.5, 0.6) is 5.75 Å². The van der Waals surface area contributed by atoms with Gasteiger partial charge in [0, 0.05) is 47.3 Å². The highest BCUT2D eigenvalue weighted by molar-refractivity contribution is 7.70. The molecule has 2 aromatic heterocycles. The Morgan fingerprint density at radius 2 is 1.65 bits per heavy atom. The van der Waals surface area contributed by atoms with Crippen LogP contribution in [-0.2, 0) is 52.6 Å². The molecule has 0 spiro atoms. The van der Waals surface area contributed by atoms with Crippen molar-refractivity contribution < 1.29 is 62.6 Å². The zero-order valence-corrected chi connectivity index (χ0v) is 50.5. The number of benzene rings is 4. The second-order valence-electron chi connectivity index (χ2n) is 23.3. The van der Waals surface area contributed by atoms with Gasteiger partial charge in [-0.1, -0.05) is 81.3 Å². The fraction of sp³-hybridized carbons (Fsp3) is 0.393. The fourth-order valence-electron chi connectivity index (χ4n) is 11.3. The molecule has 25 heteroatoms. The highest BCUT2D eigenvalue weighted by atomic mass is 35.5. The van der Waals surface area contributed by atoms with Crippen molar-refractivity contribution in [3.05, 3.63) is 135 Å². The largest absolute Gasteiger partial charge is 0.491 e. The van der Waals surface area contributed by atoms with Crippen molar-refractivity contribution in [1.82, 2.24) is 36.1 Å². The monoisotopic (exact) mass is 1230 g/mol. The van der Waals surface area contributed by atoms with Gasteiger partial charge in [0.1, 0.15) is 48.3 Å². The maximum absolute atomic E-state index is 14.5. The van der Waals surface area contributed by atoms with Crippen molar-refractivity contribution in [2.75, 3.05) is 18.1 Å². The zero-order valence-electron chi connectivity index (χ0n) is 48.1. The fourth-order valence-corrected chi connectivity index (χ4v) is 12.8. The first-order valence-electron chi connectivity index (χ1n) is 28.3. The van der Waals surface area contributed by atoms with Gasteiger partial charge in [-0.05, 0) is 122 Å². The number of likely N-dealkylation sites (tertiary alicyclic amines) is 1. The van der Waals surface area contributed by atoms with E-state index in [0.717, 1.165) is 32.8 Å². The summed E-state index contributed by atoms with van der Waals surface area (Å²) in [6.45, 7) is 8.86. The van der Waals surface area contributed by atoms with Crippen LogP contribution in [0.4, 0.5) is 5.69 Å². The number of nitrogens with two attached hydrogens (primary N) is 1. The standard InChI is InChI=1S/C61H69ClN9O13PS/c1-32(35-14-16-37(17-15-35)52-33(2)64-31-86-52)65-56(76)48-28-42(72)29-70(48)59(79)53(61(3,4)5)69-50(73)13-8-6-7-10-34-22-41(62)27-43(23-34)84-30-47(54(63)74)68-57(77)49-26-38-12-9-11-36-18-21-45(58(78)71(49)51(36)38)67-55(75)46-25-40-24-39(19-20-44(40)66-46)60(80)85(81,82)83/h9,11-12,14-17,19-20,22-25,27,31-32,42,45,47-49,53,66,72H,6-8,10,13,18,21,26,28-30H2,1-5H3,(H2,63,74)(H,65,76)(H,67,75)(H,68,77)(H,69,73)(H2,81,82,83)/t32-,42+,45-,47+,48-,49-,53+/m0/s1. The molecule has 6 aromatic rings. The molecule has 86 heavy (non-hydrogen) atoms. The Labute approximate surface area is 505 Å². The lowest BCUT2D eigenvalue weighted by atomic mass is 9.85. The zero-order chi connectivity index (χ0) is 61.9. The lowest BCUT2D eigenvalue weighted by Crippen LogP contribution is -2.57. The topological polar surface area (TPSA) is 333 Å². The number of para-hydroxylation sites is 1. The van der Waals surface area contributed by atoms with Gasteiger partial charge in [-0.15, -0.1) is 11.3 Å². The molecule has 454 valence electrons. The van der Waals surface area contributed by atoms with Crippen LogP contribution in [0.25, 0.3) is 21.3 Å². The molecule has 3 aliphatic rings. The van der Waals surface area contributed by atoms with Crippen LogP contribution < -0.4 is 36.6 Å². The Morgan fingerprint density at radius 3 is 2.35 bits per heavy atom. The van der Waals surface area contributed by atoms with Gasteiger partial charge in [-0.2, -0.15) is 0 Å². The maximum atomic E-state index is 14.5. The number of thiazole rings is 1. The molecule has 4 aromatic carbocycles. The normalized spacial score (nSPS) is 18.6. The summed E-state index contributed by atoms with van der Waals surface area (Å²) >= 11 is 8.08. The van der Waals surface area contributed by atoms with Gasteiger partial charge in [0.15, 0.2) is 0 Å². The number of fused-ring (bicyclic) bond motifs is 1. The van der Waals surface area contributed by atoms with E-state index < -0.39 is 90.3 Å². The number of unbranched alkanes of at least 4 members (excludes halogenated alkanes) is 2. The predicted molar refractivity (Wildman–Crippen MR) is 322 cm³/mol. The number of aryl methyl sites for hydroxylation is 3. The number of primary amides is 1. The number of amides is 7. The second kappa shape index (κ2) is 26.0. The van der Waals surface area contributed by atoms with Crippen LogP contribution in [0.15, 0.2) is 90.4 Å². The molecule has 1 fully saturated rings. The molecular weight excluding hydrogens is 1170 g/mol. The minimum atomic E-state index is -5.06. The van der Waals surface area contributed by atoms with Gasteiger partial charge < -0.3 is 56.5 Å². The number of nitrogens with one attached hydrogen (secondary N) is 5. The van der Waals surface area contributed by atoms with Gasteiger partial charge in [0.05, 0.1) is 33.9 Å². The molecule has 3 aliphatic heterocycles. The van der Waals surface area contributed by atoms with Gasteiger partial charge in [0.25, 0.3) is 11.4 Å². The number of aliphatic hydroxyl groups excluding tert-OH is 1. The molecule has 0 bridgehead atoms. The van der Waals surface area contributed by atoms with E-state index in [1.807, 2.05) is 71.0 Å². The second-order valence-corrected chi connectivity index (χ2v) is 26.0. The highest BCUT2D eigenvalue weighted by Crippen LogP contribution is 2.41. The predicted octanol–water partition coefficient (Wildman–Crippen LogP) is 6.10. The number of ether oxygens (including phenoxy) is 1. The van der Waals surface area contributed by atoms with Crippen LogP contribution in [0, 0.1) is 12.3 Å². The molecule has 10 N–H and O–H groups in total. The average Bonchev–Trinajstić information content (AvgIpc) is 2.65. The molecule has 0 aliphatic carbocycles. The molecule has 9 rings (SSSR count). The van der Waals surface area contributed by atoms with E-state index >= 15 is 0 Å².